The lowest BCUT2D eigenvalue weighted by Crippen LogP contribution is -2.33. The molecule has 6 heteroatoms. The first-order valence-corrected chi connectivity index (χ1v) is 5.74. The molecule has 0 saturated carbocycles. The molecular formula is C13H15N3O3. The van der Waals surface area contributed by atoms with Crippen molar-refractivity contribution in [2.24, 2.45) is 7.05 Å². The number of imidazole rings is 1. The maximum Gasteiger partial charge on any atom is 0.397 e. The van der Waals surface area contributed by atoms with Gasteiger partial charge in [0.05, 0.1) is 18.1 Å². The lowest BCUT2D eigenvalue weighted by Gasteiger charge is -2.15. The van der Waals surface area contributed by atoms with E-state index in [1.807, 2.05) is 24.6 Å². The van der Waals surface area contributed by atoms with E-state index in [1.165, 1.54) is 19.1 Å². The highest BCUT2D eigenvalue weighted by Gasteiger charge is 2.21. The molecule has 2 rings (SSSR count). The molecule has 0 saturated heterocycles. The van der Waals surface area contributed by atoms with Gasteiger partial charge in [0.25, 0.3) is 0 Å². The summed E-state index contributed by atoms with van der Waals surface area (Å²) in [5.41, 5.74) is 2.35. The number of aryl methyl sites for hydroxylation is 2. The molecule has 0 unspecified atom stereocenters. The highest BCUT2D eigenvalue weighted by atomic mass is 16.5. The molecule has 6 nitrogen and oxygen atoms in total. The number of nitrogens with zero attached hydrogens (tertiary/aromatic N) is 3. The normalized spacial score (nSPS) is 10.5. The second-order valence-corrected chi connectivity index (χ2v) is 4.25. The predicted molar refractivity (Wildman–Crippen MR) is 70.9 cm³/mol. The molecule has 0 bridgehead atoms. The molecule has 1 heterocycles. The number of carbonyl (C=O) groups is 2. The average Bonchev–Trinajstić information content (AvgIpc) is 2.71. The molecule has 19 heavy (non-hydrogen) atoms. The summed E-state index contributed by atoms with van der Waals surface area (Å²) >= 11 is 0. The first kappa shape index (κ1) is 13.1. The highest BCUT2D eigenvalue weighted by molar-refractivity contribution is 6.38. The van der Waals surface area contributed by atoms with Crippen LogP contribution in [0.15, 0.2) is 18.2 Å². The van der Waals surface area contributed by atoms with Crippen molar-refractivity contribution < 1.29 is 14.3 Å². The molecule has 0 spiro atoms. The predicted octanol–water partition coefficient (Wildman–Crippen LogP) is 1.02. The number of hydrogen-bond acceptors (Lipinski definition) is 4. The second-order valence-electron chi connectivity index (χ2n) is 4.25. The SMILES string of the molecule is COC(=O)C(=O)N(C)c1ccc2c(c1)nc(C)n2C. The molecule has 100 valence electrons. The third-order valence-electron chi connectivity index (χ3n) is 3.14. The zero-order valence-corrected chi connectivity index (χ0v) is 11.3. The maximum atomic E-state index is 11.7. The monoisotopic (exact) mass is 261 g/mol. The molecule has 0 radical (unpaired) electrons. The number of rotatable bonds is 1. The molecule has 0 N–H and O–H groups in total. The van der Waals surface area contributed by atoms with E-state index in [-0.39, 0.29) is 0 Å². The quantitative estimate of drug-likeness (QED) is 0.568. The topological polar surface area (TPSA) is 64.4 Å². The van der Waals surface area contributed by atoms with Crippen molar-refractivity contribution >= 4 is 28.6 Å². The third-order valence-corrected chi connectivity index (χ3v) is 3.14. The van der Waals surface area contributed by atoms with Gasteiger partial charge < -0.3 is 14.2 Å². The number of hydrogen-bond donors (Lipinski definition) is 0. The fourth-order valence-electron chi connectivity index (χ4n) is 1.86. The van der Waals surface area contributed by atoms with Crippen molar-refractivity contribution in [2.45, 2.75) is 6.92 Å². The molecule has 2 aromatic rings. The summed E-state index contributed by atoms with van der Waals surface area (Å²) < 4.78 is 6.38. The molecule has 1 amide bonds. The van der Waals surface area contributed by atoms with E-state index in [4.69, 9.17) is 0 Å². The number of ether oxygens (including phenoxy) is 1. The van der Waals surface area contributed by atoms with Crippen LogP contribution in [0.5, 0.6) is 0 Å². The van der Waals surface area contributed by atoms with E-state index in [1.54, 1.807) is 12.1 Å². The molecule has 0 aliphatic carbocycles. The Bertz CT molecular complexity index is 660. The first-order chi connectivity index (χ1) is 8.95. The van der Waals surface area contributed by atoms with Crippen molar-refractivity contribution in [3.8, 4) is 0 Å². The Morgan fingerprint density at radius 1 is 1.37 bits per heavy atom. The van der Waals surface area contributed by atoms with Gasteiger partial charge in [0.1, 0.15) is 5.82 Å². The van der Waals surface area contributed by atoms with Gasteiger partial charge in [0, 0.05) is 19.8 Å². The van der Waals surface area contributed by atoms with Gasteiger partial charge in [-0.2, -0.15) is 0 Å². The number of likely N-dealkylation sites (N-methyl/N-ethyl adjacent to an activating group) is 1. The Labute approximate surface area is 110 Å². The minimum Gasteiger partial charge on any atom is -0.462 e. The number of amides is 1. The average molecular weight is 261 g/mol. The van der Waals surface area contributed by atoms with E-state index < -0.39 is 11.9 Å². The van der Waals surface area contributed by atoms with Gasteiger partial charge in [-0.25, -0.2) is 9.78 Å². The van der Waals surface area contributed by atoms with Gasteiger partial charge in [-0.05, 0) is 25.1 Å². The van der Waals surface area contributed by atoms with Crippen LogP contribution in [0.4, 0.5) is 5.69 Å². The highest BCUT2D eigenvalue weighted by Crippen LogP contribution is 2.21. The molecule has 0 atom stereocenters. The van der Waals surface area contributed by atoms with Crippen molar-refractivity contribution in [1.82, 2.24) is 9.55 Å². The number of benzene rings is 1. The van der Waals surface area contributed by atoms with Crippen LogP contribution >= 0.6 is 0 Å². The minimum absolute atomic E-state index is 0.598. The van der Waals surface area contributed by atoms with Crippen LogP contribution in [0.25, 0.3) is 11.0 Å². The van der Waals surface area contributed by atoms with Crippen molar-refractivity contribution in [1.29, 1.82) is 0 Å². The Balaban J connectivity index is 2.41. The second kappa shape index (κ2) is 4.72. The van der Waals surface area contributed by atoms with E-state index in [0.717, 1.165) is 16.9 Å². The van der Waals surface area contributed by atoms with Gasteiger partial charge in [0.2, 0.25) is 0 Å². The summed E-state index contributed by atoms with van der Waals surface area (Å²) in [5.74, 6) is -0.719. The zero-order valence-electron chi connectivity index (χ0n) is 11.3. The van der Waals surface area contributed by atoms with Crippen LogP contribution in [0.2, 0.25) is 0 Å². The molecule has 0 aliphatic heterocycles. The van der Waals surface area contributed by atoms with Gasteiger partial charge in [-0.15, -0.1) is 0 Å². The Morgan fingerprint density at radius 2 is 2.05 bits per heavy atom. The van der Waals surface area contributed by atoms with Crippen LogP contribution < -0.4 is 4.90 Å². The summed E-state index contributed by atoms with van der Waals surface area (Å²) in [4.78, 5) is 28.6. The van der Waals surface area contributed by atoms with Crippen LogP contribution in [0.3, 0.4) is 0 Å². The van der Waals surface area contributed by atoms with Crippen LogP contribution in [-0.4, -0.2) is 35.6 Å². The number of aromatic nitrogens is 2. The Morgan fingerprint density at radius 3 is 2.68 bits per heavy atom. The Kier molecular flexibility index (Phi) is 3.25. The van der Waals surface area contributed by atoms with Crippen molar-refractivity contribution in [3.63, 3.8) is 0 Å². The largest absolute Gasteiger partial charge is 0.462 e. The van der Waals surface area contributed by atoms with Gasteiger partial charge in [-0.1, -0.05) is 0 Å². The zero-order chi connectivity index (χ0) is 14.2. The van der Waals surface area contributed by atoms with Crippen LogP contribution in [0.1, 0.15) is 5.82 Å². The molecule has 1 aromatic heterocycles. The lowest BCUT2D eigenvalue weighted by molar-refractivity contribution is -0.151. The Hall–Kier alpha value is -2.37. The van der Waals surface area contributed by atoms with Crippen molar-refractivity contribution in [3.05, 3.63) is 24.0 Å². The minimum atomic E-state index is -0.889. The summed E-state index contributed by atoms with van der Waals surface area (Å²) in [5, 5.41) is 0. The first-order valence-electron chi connectivity index (χ1n) is 5.74. The summed E-state index contributed by atoms with van der Waals surface area (Å²) in [6, 6.07) is 5.40. The maximum absolute atomic E-state index is 11.7. The fraction of sp³-hybridized carbons (Fsp3) is 0.308. The van der Waals surface area contributed by atoms with E-state index >= 15 is 0 Å². The number of fused-ring (bicyclic) bond motifs is 1. The van der Waals surface area contributed by atoms with E-state index in [0.29, 0.717) is 5.69 Å². The number of carbonyl (C=O) groups excluding carboxylic acids is 2. The molecule has 0 fully saturated rings. The third kappa shape index (κ3) is 2.16. The van der Waals surface area contributed by atoms with E-state index in [9.17, 15) is 9.59 Å². The van der Waals surface area contributed by atoms with Gasteiger partial charge in [-0.3, -0.25) is 4.79 Å². The number of esters is 1. The summed E-state index contributed by atoms with van der Waals surface area (Å²) in [7, 11) is 4.63. The van der Waals surface area contributed by atoms with Crippen LogP contribution in [0, 0.1) is 6.92 Å². The van der Waals surface area contributed by atoms with Gasteiger partial charge in [0.15, 0.2) is 0 Å². The summed E-state index contributed by atoms with van der Waals surface area (Å²) in [6.45, 7) is 1.91. The molecule has 0 aliphatic rings. The lowest BCUT2D eigenvalue weighted by atomic mass is 10.2. The smallest absolute Gasteiger partial charge is 0.397 e. The van der Waals surface area contributed by atoms with Crippen molar-refractivity contribution in [2.75, 3.05) is 19.1 Å². The van der Waals surface area contributed by atoms with Gasteiger partial charge >= 0.3 is 11.9 Å². The molecule has 1 aromatic carbocycles. The molecular weight excluding hydrogens is 246 g/mol. The van der Waals surface area contributed by atoms with E-state index in [2.05, 4.69) is 9.72 Å². The fourth-order valence-corrected chi connectivity index (χ4v) is 1.86. The number of anilines is 1. The standard InChI is InChI=1S/C13H15N3O3/c1-8-14-10-7-9(5-6-11(10)15(8)2)16(3)12(17)13(18)19-4/h5-7H,1-4H3. The number of methoxy groups -OCH3 is 1. The summed E-state index contributed by atoms with van der Waals surface area (Å²) in [6.07, 6.45) is 0. The van der Waals surface area contributed by atoms with Crippen LogP contribution in [-0.2, 0) is 21.4 Å².